The highest BCUT2D eigenvalue weighted by Gasteiger charge is 2.06. The van der Waals surface area contributed by atoms with Gasteiger partial charge in [-0.2, -0.15) is 0 Å². The predicted molar refractivity (Wildman–Crippen MR) is 92.6 cm³/mol. The van der Waals surface area contributed by atoms with E-state index in [9.17, 15) is 4.79 Å². The lowest BCUT2D eigenvalue weighted by atomic mass is 10.0. The van der Waals surface area contributed by atoms with Crippen molar-refractivity contribution in [3.63, 3.8) is 0 Å². The fourth-order valence-corrected chi connectivity index (χ4v) is 2.48. The van der Waals surface area contributed by atoms with E-state index in [1.54, 1.807) is 30.3 Å². The molecule has 0 unspecified atom stereocenters. The number of benzene rings is 2. The third kappa shape index (κ3) is 4.63. The highest BCUT2D eigenvalue weighted by Crippen LogP contribution is 2.29. The molecule has 0 atom stereocenters. The molecular formula is C17H11Cl3O2. The summed E-state index contributed by atoms with van der Waals surface area (Å²) in [6, 6.07) is 12.3. The number of rotatable bonds is 4. The number of hydrogen-bond acceptors (Lipinski definition) is 1. The number of allylic oxidation sites excluding steroid dienone is 2. The summed E-state index contributed by atoms with van der Waals surface area (Å²) in [5.41, 5.74) is 2.23. The molecule has 0 bridgehead atoms. The molecule has 2 nitrogen and oxygen atoms in total. The van der Waals surface area contributed by atoms with Crippen LogP contribution >= 0.6 is 34.8 Å². The van der Waals surface area contributed by atoms with Gasteiger partial charge in [0.05, 0.1) is 0 Å². The minimum Gasteiger partial charge on any atom is -0.478 e. The fraction of sp³-hybridized carbons (Fsp3) is 0. The van der Waals surface area contributed by atoms with Crippen LogP contribution in [-0.4, -0.2) is 11.1 Å². The quantitative estimate of drug-likeness (QED) is 0.426. The van der Waals surface area contributed by atoms with E-state index in [-0.39, 0.29) is 0 Å². The summed E-state index contributed by atoms with van der Waals surface area (Å²) < 4.78 is 0. The maximum Gasteiger partial charge on any atom is 0.328 e. The molecule has 0 aliphatic heterocycles. The van der Waals surface area contributed by atoms with Gasteiger partial charge in [-0.15, -0.1) is 0 Å². The lowest BCUT2D eigenvalue weighted by Crippen LogP contribution is -1.89. The van der Waals surface area contributed by atoms with E-state index in [0.717, 1.165) is 11.6 Å². The van der Waals surface area contributed by atoms with Gasteiger partial charge in [-0.3, -0.25) is 0 Å². The molecule has 0 spiro atoms. The summed E-state index contributed by atoms with van der Waals surface area (Å²) in [4.78, 5) is 10.8. The minimum absolute atomic E-state index is 0.447. The highest BCUT2D eigenvalue weighted by atomic mass is 35.5. The van der Waals surface area contributed by atoms with Crippen LogP contribution in [0.2, 0.25) is 15.1 Å². The van der Waals surface area contributed by atoms with Gasteiger partial charge in [-0.1, -0.05) is 53.0 Å². The van der Waals surface area contributed by atoms with Crippen molar-refractivity contribution in [1.82, 2.24) is 0 Å². The SMILES string of the molecule is O=C(O)/C=C/C(=C/c1ccc(Cl)cc1)c1ccc(Cl)cc1Cl. The monoisotopic (exact) mass is 352 g/mol. The lowest BCUT2D eigenvalue weighted by Gasteiger charge is -2.07. The van der Waals surface area contributed by atoms with Gasteiger partial charge >= 0.3 is 5.97 Å². The van der Waals surface area contributed by atoms with E-state index in [4.69, 9.17) is 39.9 Å². The second kappa shape index (κ2) is 7.50. The molecule has 0 saturated heterocycles. The first-order valence-corrected chi connectivity index (χ1v) is 7.43. The molecule has 0 saturated carbocycles. The number of carboxylic acids is 1. The van der Waals surface area contributed by atoms with Gasteiger partial charge in [-0.25, -0.2) is 4.79 Å². The molecular weight excluding hydrogens is 343 g/mol. The summed E-state index contributed by atoms with van der Waals surface area (Å²) in [6.07, 6.45) is 4.38. The van der Waals surface area contributed by atoms with Crippen molar-refractivity contribution in [2.45, 2.75) is 0 Å². The smallest absolute Gasteiger partial charge is 0.328 e. The number of aliphatic carboxylic acids is 1. The second-order valence-corrected chi connectivity index (χ2v) is 5.73. The van der Waals surface area contributed by atoms with Gasteiger partial charge in [0.2, 0.25) is 0 Å². The van der Waals surface area contributed by atoms with Crippen LogP contribution in [0.15, 0.2) is 54.6 Å². The number of carboxylic acid groups (broad SMARTS) is 1. The lowest BCUT2D eigenvalue weighted by molar-refractivity contribution is -0.131. The molecule has 0 aliphatic rings. The molecule has 0 heterocycles. The van der Waals surface area contributed by atoms with Crippen molar-refractivity contribution in [3.05, 3.63) is 80.8 Å². The van der Waals surface area contributed by atoms with Gasteiger partial charge in [0.25, 0.3) is 0 Å². The molecule has 0 aromatic heterocycles. The second-order valence-electron chi connectivity index (χ2n) is 4.45. The van der Waals surface area contributed by atoms with E-state index in [1.807, 2.05) is 18.2 Å². The van der Waals surface area contributed by atoms with E-state index in [1.165, 1.54) is 6.08 Å². The van der Waals surface area contributed by atoms with Crippen molar-refractivity contribution in [3.8, 4) is 0 Å². The summed E-state index contributed by atoms with van der Waals surface area (Å²) in [5.74, 6) is -1.04. The molecule has 0 amide bonds. The van der Waals surface area contributed by atoms with Gasteiger partial charge in [0.1, 0.15) is 0 Å². The van der Waals surface area contributed by atoms with E-state index in [2.05, 4.69) is 0 Å². The zero-order chi connectivity index (χ0) is 16.1. The Morgan fingerprint density at radius 2 is 1.55 bits per heavy atom. The molecule has 112 valence electrons. The van der Waals surface area contributed by atoms with Gasteiger partial charge in [0.15, 0.2) is 0 Å². The Balaban J connectivity index is 2.50. The normalized spacial score (nSPS) is 11.9. The maximum atomic E-state index is 10.8. The van der Waals surface area contributed by atoms with Crippen molar-refractivity contribution in [2.75, 3.05) is 0 Å². The molecule has 0 fully saturated rings. The maximum absolute atomic E-state index is 10.8. The van der Waals surface area contributed by atoms with Crippen LogP contribution in [0, 0.1) is 0 Å². The standard InChI is InChI=1S/C17H11Cl3O2/c18-13-4-1-11(2-5-13)9-12(3-8-17(21)22)15-7-6-14(19)10-16(15)20/h1-10H,(H,21,22)/b8-3+,12-9-. The van der Waals surface area contributed by atoms with Crippen molar-refractivity contribution >= 4 is 52.4 Å². The van der Waals surface area contributed by atoms with Crippen LogP contribution in [0.3, 0.4) is 0 Å². The zero-order valence-electron chi connectivity index (χ0n) is 11.3. The summed E-state index contributed by atoms with van der Waals surface area (Å²) >= 11 is 18.0. The van der Waals surface area contributed by atoms with Gasteiger partial charge < -0.3 is 5.11 Å². The summed E-state index contributed by atoms with van der Waals surface area (Å²) in [7, 11) is 0. The van der Waals surface area contributed by atoms with Crippen molar-refractivity contribution in [1.29, 1.82) is 0 Å². The Morgan fingerprint density at radius 3 is 2.14 bits per heavy atom. The summed E-state index contributed by atoms with van der Waals surface area (Å²) in [5, 5.41) is 10.4. The third-order valence-corrected chi connectivity index (χ3v) is 3.64. The summed E-state index contributed by atoms with van der Waals surface area (Å²) in [6.45, 7) is 0. The van der Waals surface area contributed by atoms with Crippen LogP contribution in [0.4, 0.5) is 0 Å². The molecule has 2 rings (SSSR count). The molecule has 5 heteroatoms. The molecule has 2 aromatic rings. The van der Waals surface area contributed by atoms with E-state index in [0.29, 0.717) is 26.2 Å². The first-order valence-electron chi connectivity index (χ1n) is 6.29. The average molecular weight is 354 g/mol. The Morgan fingerprint density at radius 1 is 0.909 bits per heavy atom. The Labute approximate surface area is 143 Å². The predicted octanol–water partition coefficient (Wildman–Crippen LogP) is 5.83. The Bertz CT molecular complexity index is 747. The van der Waals surface area contributed by atoms with Crippen LogP contribution in [0.25, 0.3) is 11.6 Å². The molecule has 1 N–H and O–H groups in total. The average Bonchev–Trinajstić information content (AvgIpc) is 2.46. The van der Waals surface area contributed by atoms with Gasteiger partial charge in [0, 0.05) is 26.7 Å². The third-order valence-electron chi connectivity index (χ3n) is 2.84. The zero-order valence-corrected chi connectivity index (χ0v) is 13.5. The number of carbonyl (C=O) groups is 1. The Kier molecular flexibility index (Phi) is 5.67. The van der Waals surface area contributed by atoms with Crippen molar-refractivity contribution in [2.24, 2.45) is 0 Å². The van der Waals surface area contributed by atoms with Crippen LogP contribution in [0.5, 0.6) is 0 Å². The molecule has 0 aliphatic carbocycles. The van der Waals surface area contributed by atoms with Crippen molar-refractivity contribution < 1.29 is 9.90 Å². The molecule has 22 heavy (non-hydrogen) atoms. The Hall–Kier alpha value is -1.74. The molecule has 0 radical (unpaired) electrons. The fourth-order valence-electron chi connectivity index (χ4n) is 1.84. The molecule has 2 aromatic carbocycles. The van der Waals surface area contributed by atoms with Crippen LogP contribution in [-0.2, 0) is 4.79 Å². The van der Waals surface area contributed by atoms with E-state index < -0.39 is 5.97 Å². The number of halogens is 3. The highest BCUT2D eigenvalue weighted by molar-refractivity contribution is 6.36. The topological polar surface area (TPSA) is 37.3 Å². The minimum atomic E-state index is -1.04. The van der Waals surface area contributed by atoms with Crippen LogP contribution in [0.1, 0.15) is 11.1 Å². The number of hydrogen-bond donors (Lipinski definition) is 1. The largest absolute Gasteiger partial charge is 0.478 e. The van der Waals surface area contributed by atoms with Gasteiger partial charge in [-0.05, 0) is 47.6 Å². The first-order chi connectivity index (χ1) is 10.5. The van der Waals surface area contributed by atoms with E-state index >= 15 is 0 Å². The van der Waals surface area contributed by atoms with Crippen LogP contribution < -0.4 is 0 Å². The first kappa shape index (κ1) is 16.6.